The van der Waals surface area contributed by atoms with Gasteiger partial charge in [-0.3, -0.25) is 14.6 Å². The first-order valence-electron chi connectivity index (χ1n) is 9.33. The van der Waals surface area contributed by atoms with Crippen LogP contribution >= 0.6 is 0 Å². The molecule has 2 amide bonds. The van der Waals surface area contributed by atoms with E-state index in [-0.39, 0.29) is 30.4 Å². The van der Waals surface area contributed by atoms with Crippen molar-refractivity contribution in [2.24, 2.45) is 11.8 Å². The van der Waals surface area contributed by atoms with E-state index in [9.17, 15) is 14.9 Å². The first kappa shape index (κ1) is 18.3. The van der Waals surface area contributed by atoms with Crippen molar-refractivity contribution in [1.82, 2.24) is 10.2 Å². The van der Waals surface area contributed by atoms with E-state index in [0.29, 0.717) is 18.8 Å². The summed E-state index contributed by atoms with van der Waals surface area (Å²) < 4.78 is 5.29. The molecule has 2 saturated heterocycles. The maximum Gasteiger partial charge on any atom is 0.414 e. The fourth-order valence-electron chi connectivity index (χ4n) is 4.61. The van der Waals surface area contributed by atoms with Crippen LogP contribution in [0.4, 0.5) is 10.5 Å². The Morgan fingerprint density at radius 2 is 1.93 bits per heavy atom. The number of cyclic esters (lactones) is 1. The minimum absolute atomic E-state index is 0.163. The maximum atomic E-state index is 12.1. The topological polar surface area (TPSA) is 109 Å². The number of carbonyl (C=O) groups is 2. The van der Waals surface area contributed by atoms with Crippen LogP contribution in [-0.2, 0) is 14.9 Å². The van der Waals surface area contributed by atoms with Crippen molar-refractivity contribution in [3.05, 3.63) is 29.8 Å². The van der Waals surface area contributed by atoms with Crippen molar-refractivity contribution < 1.29 is 14.3 Å². The molecule has 1 N–H and O–H groups in total. The maximum absolute atomic E-state index is 12.1. The SMILES string of the molecule is CC(=O)NC[C@H]1CN(c2ccc(C3(C#N)[C@@H]4CN(CC#N)C[C@@H]43)cc2)C(=O)O1. The summed E-state index contributed by atoms with van der Waals surface area (Å²) in [5, 5.41) is 21.3. The summed E-state index contributed by atoms with van der Waals surface area (Å²) in [6.07, 6.45) is -0.816. The predicted molar refractivity (Wildman–Crippen MR) is 99.1 cm³/mol. The quantitative estimate of drug-likeness (QED) is 0.764. The fourth-order valence-corrected chi connectivity index (χ4v) is 4.61. The standard InChI is InChI=1S/C20H21N5O3/c1-13(26)23-8-16-9-25(19(27)28-16)15-4-2-14(3-5-15)20(12-22)17-10-24(7-6-21)11-18(17)20/h2-5,16-18H,7-11H2,1H3,(H,23,26)/t16-,17-,18+,20?/m0/s1. The molecule has 0 bridgehead atoms. The molecular weight excluding hydrogens is 358 g/mol. The summed E-state index contributed by atoms with van der Waals surface area (Å²) >= 11 is 0. The number of nitrogens with one attached hydrogen (secondary N) is 1. The van der Waals surface area contributed by atoms with Crippen molar-refractivity contribution in [2.45, 2.75) is 18.4 Å². The van der Waals surface area contributed by atoms with Crippen LogP contribution in [0.5, 0.6) is 0 Å². The Balaban J connectivity index is 1.44. The van der Waals surface area contributed by atoms with E-state index in [1.54, 1.807) is 0 Å². The average Bonchev–Trinajstić information content (AvgIpc) is 2.98. The molecule has 3 aliphatic rings. The minimum Gasteiger partial charge on any atom is -0.442 e. The van der Waals surface area contributed by atoms with Crippen molar-refractivity contribution >= 4 is 17.7 Å². The second-order valence-electron chi connectivity index (χ2n) is 7.65. The highest BCUT2D eigenvalue weighted by atomic mass is 16.6. The lowest BCUT2D eigenvalue weighted by Crippen LogP contribution is -2.33. The summed E-state index contributed by atoms with van der Waals surface area (Å²) in [5.74, 6) is 0.356. The molecule has 2 heterocycles. The number of piperidine rings is 1. The van der Waals surface area contributed by atoms with E-state index in [1.807, 2.05) is 24.3 Å². The number of hydrogen-bond donors (Lipinski definition) is 1. The number of anilines is 1. The van der Waals surface area contributed by atoms with Crippen molar-refractivity contribution in [3.8, 4) is 12.1 Å². The van der Waals surface area contributed by atoms with Crippen LogP contribution in [0.25, 0.3) is 0 Å². The van der Waals surface area contributed by atoms with Crippen LogP contribution < -0.4 is 10.2 Å². The molecule has 8 nitrogen and oxygen atoms in total. The molecule has 1 saturated carbocycles. The van der Waals surface area contributed by atoms with Gasteiger partial charge in [-0.2, -0.15) is 10.5 Å². The first-order chi connectivity index (χ1) is 13.5. The van der Waals surface area contributed by atoms with Gasteiger partial charge in [-0.25, -0.2) is 4.79 Å². The second-order valence-corrected chi connectivity index (χ2v) is 7.65. The van der Waals surface area contributed by atoms with Crippen LogP contribution in [-0.4, -0.2) is 55.7 Å². The highest BCUT2D eigenvalue weighted by molar-refractivity contribution is 5.89. The van der Waals surface area contributed by atoms with E-state index in [4.69, 9.17) is 10.00 Å². The Labute approximate surface area is 163 Å². The number of benzene rings is 1. The Hall–Kier alpha value is -3.10. The number of nitrogens with zero attached hydrogens (tertiary/aromatic N) is 4. The summed E-state index contributed by atoms with van der Waals surface area (Å²) in [5.41, 5.74) is 1.20. The lowest BCUT2D eigenvalue weighted by atomic mass is 9.91. The molecule has 4 rings (SSSR count). The van der Waals surface area contributed by atoms with Gasteiger partial charge >= 0.3 is 6.09 Å². The molecule has 0 radical (unpaired) electrons. The van der Waals surface area contributed by atoms with Gasteiger partial charge in [0.1, 0.15) is 6.10 Å². The number of hydrogen-bond acceptors (Lipinski definition) is 6. The summed E-state index contributed by atoms with van der Waals surface area (Å²) in [7, 11) is 0. The Morgan fingerprint density at radius 3 is 2.50 bits per heavy atom. The number of carbonyl (C=O) groups excluding carboxylic acids is 2. The van der Waals surface area contributed by atoms with E-state index < -0.39 is 11.5 Å². The number of ether oxygens (including phenoxy) is 1. The summed E-state index contributed by atoms with van der Waals surface area (Å²) in [6, 6.07) is 12.2. The van der Waals surface area contributed by atoms with Gasteiger partial charge in [-0.15, -0.1) is 0 Å². The number of fused-ring (bicyclic) bond motifs is 1. The predicted octanol–water partition coefficient (Wildman–Crippen LogP) is 0.994. The van der Waals surface area contributed by atoms with E-state index in [0.717, 1.165) is 18.7 Å². The monoisotopic (exact) mass is 379 g/mol. The lowest BCUT2D eigenvalue weighted by molar-refractivity contribution is -0.119. The van der Waals surface area contributed by atoms with Crippen LogP contribution in [0.2, 0.25) is 0 Å². The van der Waals surface area contributed by atoms with Gasteiger partial charge in [0.25, 0.3) is 0 Å². The van der Waals surface area contributed by atoms with E-state index in [2.05, 4.69) is 22.4 Å². The molecule has 1 aromatic rings. The third-order valence-electron chi connectivity index (χ3n) is 6.04. The molecule has 3 fully saturated rings. The molecule has 2 aliphatic heterocycles. The van der Waals surface area contributed by atoms with E-state index in [1.165, 1.54) is 11.8 Å². The second kappa shape index (κ2) is 6.81. The fraction of sp³-hybridized carbons (Fsp3) is 0.500. The van der Waals surface area contributed by atoms with Gasteiger partial charge in [0.2, 0.25) is 5.91 Å². The van der Waals surface area contributed by atoms with E-state index >= 15 is 0 Å². The zero-order valence-corrected chi connectivity index (χ0v) is 15.6. The molecule has 1 unspecified atom stereocenters. The van der Waals surface area contributed by atoms with Gasteiger partial charge in [0.05, 0.1) is 37.2 Å². The highest BCUT2D eigenvalue weighted by Gasteiger charge is 2.69. The zero-order valence-electron chi connectivity index (χ0n) is 15.6. The van der Waals surface area contributed by atoms with Crippen LogP contribution in [0.15, 0.2) is 24.3 Å². The van der Waals surface area contributed by atoms with Gasteiger partial charge < -0.3 is 10.1 Å². The highest BCUT2D eigenvalue weighted by Crippen LogP contribution is 2.63. The smallest absolute Gasteiger partial charge is 0.414 e. The Bertz CT molecular complexity index is 873. The normalized spacial score (nSPS) is 30.9. The van der Waals surface area contributed by atoms with Crippen molar-refractivity contribution in [1.29, 1.82) is 10.5 Å². The number of likely N-dealkylation sites (tertiary alicyclic amines) is 1. The van der Waals surface area contributed by atoms with Crippen molar-refractivity contribution in [3.63, 3.8) is 0 Å². The van der Waals surface area contributed by atoms with Gasteiger partial charge in [-0.1, -0.05) is 12.1 Å². The van der Waals surface area contributed by atoms with Gasteiger partial charge in [-0.05, 0) is 17.7 Å². The minimum atomic E-state index is -0.482. The summed E-state index contributed by atoms with van der Waals surface area (Å²) in [4.78, 5) is 26.8. The molecule has 8 heteroatoms. The molecule has 1 aromatic carbocycles. The molecule has 1 aliphatic carbocycles. The van der Waals surface area contributed by atoms with Crippen molar-refractivity contribution in [2.75, 3.05) is 37.6 Å². The van der Waals surface area contributed by atoms with Crippen LogP contribution in [0.1, 0.15) is 12.5 Å². The van der Waals surface area contributed by atoms with Gasteiger partial charge in [0.15, 0.2) is 0 Å². The molecule has 144 valence electrons. The van der Waals surface area contributed by atoms with Crippen LogP contribution in [0.3, 0.4) is 0 Å². The summed E-state index contributed by atoms with van der Waals surface area (Å²) in [6.45, 7) is 4.04. The number of amides is 2. The number of nitriles is 2. The molecule has 0 aromatic heterocycles. The molecule has 28 heavy (non-hydrogen) atoms. The Morgan fingerprint density at radius 1 is 1.25 bits per heavy atom. The average molecular weight is 379 g/mol. The third kappa shape index (κ3) is 2.87. The molecule has 4 atom stereocenters. The molecular formula is C20H21N5O3. The van der Waals surface area contributed by atoms with Gasteiger partial charge in [0, 0.05) is 37.5 Å². The first-order valence-corrected chi connectivity index (χ1v) is 9.33. The Kier molecular flexibility index (Phi) is 4.44. The third-order valence-corrected chi connectivity index (χ3v) is 6.04. The largest absolute Gasteiger partial charge is 0.442 e. The zero-order chi connectivity index (χ0) is 19.9. The van der Waals surface area contributed by atoms with Crippen LogP contribution in [0, 0.1) is 34.5 Å². The lowest BCUT2D eigenvalue weighted by Gasteiger charge is -2.21. The molecule has 0 spiro atoms. The number of rotatable bonds is 5.